The molecule has 20 heavy (non-hydrogen) atoms. The molecule has 1 aliphatic carbocycles. The minimum absolute atomic E-state index is 0.0216. The van der Waals surface area contributed by atoms with Gasteiger partial charge < -0.3 is 9.84 Å². The SMILES string of the molecule is CCC1(C)Cc2cc(OCC(=O)O)c(Cl)c(Cl)c2C1=O. The fourth-order valence-electron chi connectivity index (χ4n) is 2.37. The molecule has 1 atom stereocenters. The van der Waals surface area contributed by atoms with Crippen molar-refractivity contribution in [3.05, 3.63) is 27.2 Å². The van der Waals surface area contributed by atoms with Crippen LogP contribution >= 0.6 is 23.2 Å². The Morgan fingerprint density at radius 3 is 2.65 bits per heavy atom. The van der Waals surface area contributed by atoms with Gasteiger partial charge in [-0.1, -0.05) is 37.0 Å². The number of ether oxygens (including phenoxy) is 1. The summed E-state index contributed by atoms with van der Waals surface area (Å²) in [6, 6.07) is 1.62. The third kappa shape index (κ3) is 2.38. The summed E-state index contributed by atoms with van der Waals surface area (Å²) in [6.07, 6.45) is 1.25. The van der Waals surface area contributed by atoms with Crippen molar-refractivity contribution >= 4 is 35.0 Å². The highest BCUT2D eigenvalue weighted by Gasteiger charge is 2.42. The molecule has 0 amide bonds. The number of benzene rings is 1. The summed E-state index contributed by atoms with van der Waals surface area (Å²) in [7, 11) is 0. The maximum absolute atomic E-state index is 12.4. The summed E-state index contributed by atoms with van der Waals surface area (Å²) in [5.74, 6) is -0.926. The van der Waals surface area contributed by atoms with E-state index in [1.165, 1.54) is 0 Å². The number of aliphatic carboxylic acids is 1. The van der Waals surface area contributed by atoms with Gasteiger partial charge in [0.2, 0.25) is 0 Å². The highest BCUT2D eigenvalue weighted by molar-refractivity contribution is 6.45. The second-order valence-electron chi connectivity index (χ2n) is 5.14. The third-order valence-corrected chi connectivity index (χ3v) is 4.59. The van der Waals surface area contributed by atoms with Gasteiger partial charge in [0.25, 0.3) is 0 Å². The molecule has 0 fully saturated rings. The lowest BCUT2D eigenvalue weighted by Crippen LogP contribution is -2.22. The van der Waals surface area contributed by atoms with Crippen LogP contribution in [0.5, 0.6) is 5.75 Å². The quantitative estimate of drug-likeness (QED) is 0.921. The van der Waals surface area contributed by atoms with Crippen molar-refractivity contribution in [2.24, 2.45) is 5.41 Å². The Labute approximate surface area is 126 Å². The van der Waals surface area contributed by atoms with Gasteiger partial charge in [0.1, 0.15) is 10.8 Å². The van der Waals surface area contributed by atoms with E-state index in [1.54, 1.807) is 6.07 Å². The number of fused-ring (bicyclic) bond motifs is 1. The van der Waals surface area contributed by atoms with Crippen LogP contribution in [0.1, 0.15) is 36.2 Å². The molecule has 2 rings (SSSR count). The normalized spacial score (nSPS) is 20.9. The van der Waals surface area contributed by atoms with E-state index < -0.39 is 18.0 Å². The van der Waals surface area contributed by atoms with Crippen molar-refractivity contribution in [1.29, 1.82) is 0 Å². The lowest BCUT2D eigenvalue weighted by Gasteiger charge is -2.18. The van der Waals surface area contributed by atoms with Gasteiger partial charge in [-0.05, 0) is 24.5 Å². The number of rotatable bonds is 4. The molecule has 6 heteroatoms. The van der Waals surface area contributed by atoms with Crippen LogP contribution in [0.3, 0.4) is 0 Å². The van der Waals surface area contributed by atoms with Crippen molar-refractivity contribution in [3.63, 3.8) is 0 Å². The molecule has 1 aromatic rings. The first-order chi connectivity index (χ1) is 9.30. The smallest absolute Gasteiger partial charge is 0.341 e. The number of ketones is 1. The Hall–Kier alpha value is -1.26. The molecule has 1 aromatic carbocycles. The summed E-state index contributed by atoms with van der Waals surface area (Å²) >= 11 is 12.2. The second-order valence-corrected chi connectivity index (χ2v) is 5.90. The van der Waals surface area contributed by atoms with E-state index in [4.69, 9.17) is 33.0 Å². The van der Waals surface area contributed by atoms with E-state index in [9.17, 15) is 9.59 Å². The average Bonchev–Trinajstić information content (AvgIpc) is 2.65. The molecule has 0 aliphatic heterocycles. The number of carboxylic acids is 1. The number of halogens is 2. The first kappa shape index (κ1) is 15.1. The average molecular weight is 317 g/mol. The number of carbonyl (C=O) groups is 2. The van der Waals surface area contributed by atoms with Gasteiger partial charge in [0, 0.05) is 11.0 Å². The van der Waals surface area contributed by atoms with Gasteiger partial charge >= 0.3 is 5.97 Å². The highest BCUT2D eigenvalue weighted by Crippen LogP contribution is 2.47. The number of carboxylic acid groups (broad SMARTS) is 1. The molecule has 0 saturated carbocycles. The van der Waals surface area contributed by atoms with Crippen LogP contribution < -0.4 is 4.74 Å². The largest absolute Gasteiger partial charge is 0.480 e. The number of carbonyl (C=O) groups excluding carboxylic acids is 1. The lowest BCUT2D eigenvalue weighted by atomic mass is 9.83. The predicted octanol–water partition coefficient (Wildman–Crippen LogP) is 3.61. The van der Waals surface area contributed by atoms with Crippen LogP contribution in [-0.2, 0) is 11.2 Å². The van der Waals surface area contributed by atoms with E-state index in [1.807, 2.05) is 13.8 Å². The van der Waals surface area contributed by atoms with Crippen molar-refractivity contribution in [2.75, 3.05) is 6.61 Å². The summed E-state index contributed by atoms with van der Waals surface area (Å²) in [5, 5.41) is 8.87. The summed E-state index contributed by atoms with van der Waals surface area (Å²) in [4.78, 5) is 23.0. The van der Waals surface area contributed by atoms with Crippen LogP contribution in [0, 0.1) is 5.41 Å². The van der Waals surface area contributed by atoms with Crippen molar-refractivity contribution in [3.8, 4) is 5.75 Å². The topological polar surface area (TPSA) is 63.6 Å². The summed E-state index contributed by atoms with van der Waals surface area (Å²) < 4.78 is 5.11. The maximum atomic E-state index is 12.4. The minimum atomic E-state index is -1.10. The molecule has 4 nitrogen and oxygen atoms in total. The van der Waals surface area contributed by atoms with Crippen LogP contribution in [0.4, 0.5) is 0 Å². The molecule has 1 N–H and O–H groups in total. The van der Waals surface area contributed by atoms with Gasteiger partial charge in [-0.2, -0.15) is 0 Å². The zero-order valence-electron chi connectivity index (χ0n) is 11.1. The summed E-state index contributed by atoms with van der Waals surface area (Å²) in [6.45, 7) is 3.33. The van der Waals surface area contributed by atoms with E-state index in [0.717, 1.165) is 5.56 Å². The zero-order chi connectivity index (χ0) is 15.1. The molecule has 0 aromatic heterocycles. The van der Waals surface area contributed by atoms with Crippen LogP contribution in [-0.4, -0.2) is 23.5 Å². The molecule has 0 heterocycles. The number of Topliss-reactive ketones (excluding diaryl/α,β-unsaturated/α-hetero) is 1. The minimum Gasteiger partial charge on any atom is -0.480 e. The van der Waals surface area contributed by atoms with E-state index in [-0.39, 0.29) is 21.6 Å². The van der Waals surface area contributed by atoms with Crippen molar-refractivity contribution < 1.29 is 19.4 Å². The molecule has 0 saturated heterocycles. The van der Waals surface area contributed by atoms with Crippen LogP contribution in [0.15, 0.2) is 6.07 Å². The molecule has 0 bridgehead atoms. The molecular weight excluding hydrogens is 303 g/mol. The number of hydrogen-bond donors (Lipinski definition) is 1. The second kappa shape index (κ2) is 5.26. The number of hydrogen-bond acceptors (Lipinski definition) is 3. The van der Waals surface area contributed by atoms with Gasteiger partial charge in [-0.25, -0.2) is 4.79 Å². The van der Waals surface area contributed by atoms with Gasteiger partial charge in [-0.15, -0.1) is 0 Å². The Morgan fingerprint density at radius 2 is 2.10 bits per heavy atom. The van der Waals surface area contributed by atoms with Crippen LogP contribution in [0.25, 0.3) is 0 Å². The molecule has 1 unspecified atom stereocenters. The van der Waals surface area contributed by atoms with Crippen LogP contribution in [0.2, 0.25) is 10.0 Å². The molecule has 0 spiro atoms. The van der Waals surface area contributed by atoms with Crippen molar-refractivity contribution in [2.45, 2.75) is 26.7 Å². The fourth-order valence-corrected chi connectivity index (χ4v) is 2.87. The Kier molecular flexibility index (Phi) is 3.98. The maximum Gasteiger partial charge on any atom is 0.341 e. The van der Waals surface area contributed by atoms with Gasteiger partial charge in [0.15, 0.2) is 12.4 Å². The van der Waals surface area contributed by atoms with Gasteiger partial charge in [0.05, 0.1) is 5.02 Å². The standard InChI is InChI=1S/C14H14Cl2O4/c1-3-14(2)5-7-4-8(20-6-9(17)18)11(15)12(16)10(7)13(14)19/h4H,3,5-6H2,1-2H3,(H,17,18). The highest BCUT2D eigenvalue weighted by atomic mass is 35.5. The van der Waals surface area contributed by atoms with Gasteiger partial charge in [-0.3, -0.25) is 4.79 Å². The molecule has 108 valence electrons. The van der Waals surface area contributed by atoms with E-state index in [2.05, 4.69) is 0 Å². The Balaban J connectivity index is 2.46. The summed E-state index contributed by atoms with van der Waals surface area (Å²) in [5.41, 5.74) is 0.707. The fraction of sp³-hybridized carbons (Fsp3) is 0.429. The zero-order valence-corrected chi connectivity index (χ0v) is 12.6. The van der Waals surface area contributed by atoms with Crippen molar-refractivity contribution in [1.82, 2.24) is 0 Å². The van der Waals surface area contributed by atoms with E-state index >= 15 is 0 Å². The molecule has 0 radical (unpaired) electrons. The molecule has 1 aliphatic rings. The Morgan fingerprint density at radius 1 is 1.45 bits per heavy atom. The Bertz CT molecular complexity index is 597. The molecular formula is C14H14Cl2O4. The first-order valence-corrected chi connectivity index (χ1v) is 6.96. The van der Waals surface area contributed by atoms with E-state index in [0.29, 0.717) is 18.4 Å². The third-order valence-electron chi connectivity index (χ3n) is 3.74. The predicted molar refractivity (Wildman–Crippen MR) is 76.0 cm³/mol. The monoisotopic (exact) mass is 316 g/mol. The lowest BCUT2D eigenvalue weighted by molar-refractivity contribution is -0.139. The first-order valence-electron chi connectivity index (χ1n) is 6.20.